The van der Waals surface area contributed by atoms with Crippen molar-refractivity contribution in [3.8, 4) is 11.3 Å². The number of aromatic nitrogens is 5. The summed E-state index contributed by atoms with van der Waals surface area (Å²) in [5, 5.41) is 17.8. The zero-order chi connectivity index (χ0) is 31.1. The van der Waals surface area contributed by atoms with Crippen molar-refractivity contribution >= 4 is 17.7 Å². The molecule has 0 spiro atoms. The molecule has 0 saturated carbocycles. The number of nitrogens with zero attached hydrogens (tertiary/aromatic N) is 5. The number of H-pyrrole nitrogens is 1. The third kappa shape index (κ3) is 7.39. The Morgan fingerprint density at radius 3 is 2.48 bits per heavy atom. The van der Waals surface area contributed by atoms with Crippen molar-refractivity contribution in [2.75, 3.05) is 13.1 Å². The maximum atomic E-state index is 13.8. The molecule has 3 atom stereocenters. The Balaban J connectivity index is 1.45. The van der Waals surface area contributed by atoms with Crippen LogP contribution in [0.15, 0.2) is 66.9 Å². The highest BCUT2D eigenvalue weighted by atomic mass is 16.2. The van der Waals surface area contributed by atoms with Crippen LogP contribution in [0.4, 0.5) is 0 Å². The summed E-state index contributed by atoms with van der Waals surface area (Å²) >= 11 is 0. The fourth-order valence-electron chi connectivity index (χ4n) is 5.51. The van der Waals surface area contributed by atoms with Crippen molar-refractivity contribution in [1.29, 1.82) is 0 Å². The van der Waals surface area contributed by atoms with Crippen LogP contribution in [0.1, 0.15) is 66.7 Å². The van der Waals surface area contributed by atoms with E-state index in [1.165, 1.54) is 0 Å². The average Bonchev–Trinajstić information content (AvgIpc) is 3.71. The molecule has 3 heterocycles. The Labute approximate surface area is 257 Å². The lowest BCUT2D eigenvalue weighted by atomic mass is 9.97. The number of amides is 3. The Kier molecular flexibility index (Phi) is 9.83. The average molecular weight is 597 g/mol. The lowest BCUT2D eigenvalue weighted by Crippen LogP contribution is -2.51. The molecule has 0 aliphatic carbocycles. The van der Waals surface area contributed by atoms with Gasteiger partial charge in [0.25, 0.3) is 5.91 Å². The molecule has 0 fully saturated rings. The van der Waals surface area contributed by atoms with Crippen LogP contribution in [0.2, 0.25) is 0 Å². The van der Waals surface area contributed by atoms with Crippen LogP contribution in [0.25, 0.3) is 11.3 Å². The van der Waals surface area contributed by atoms with Crippen molar-refractivity contribution < 1.29 is 14.4 Å². The monoisotopic (exact) mass is 596 g/mol. The number of hydrogen-bond donors (Lipinski definition) is 3. The standard InChI is InChI=1S/C33H40N8O3/c1-4-22(2)30-32(43)36-28(21-24-9-6-5-7-10-24)31-35-23(3)39-41(31)20-19-40(18-8-11-29(42)37-30)33(44)26-14-12-25(13-15-26)27-16-17-34-38-27/h5-7,9-10,12-17,22,28,30H,4,8,11,18-21H2,1-3H3,(H,34,38)(H,36,43)(H,37,42)/t22-,28-,30-/m0/s1. The fourth-order valence-corrected chi connectivity index (χ4v) is 5.51. The van der Waals surface area contributed by atoms with Gasteiger partial charge in [-0.3, -0.25) is 19.5 Å². The van der Waals surface area contributed by atoms with Crippen molar-refractivity contribution in [2.24, 2.45) is 5.92 Å². The summed E-state index contributed by atoms with van der Waals surface area (Å²) in [5.41, 5.74) is 3.39. The Hall–Kier alpha value is -4.80. The molecule has 11 heteroatoms. The smallest absolute Gasteiger partial charge is 0.253 e. The number of nitrogens with one attached hydrogen (secondary N) is 3. The van der Waals surface area contributed by atoms with Gasteiger partial charge in [-0.2, -0.15) is 10.2 Å². The first-order chi connectivity index (χ1) is 21.3. The van der Waals surface area contributed by atoms with E-state index in [0.717, 1.165) is 23.2 Å². The number of fused-ring (bicyclic) bond motifs is 1. The minimum Gasteiger partial charge on any atom is -0.344 e. The van der Waals surface area contributed by atoms with Crippen LogP contribution in [0.5, 0.6) is 0 Å². The second-order valence-electron chi connectivity index (χ2n) is 11.4. The molecule has 11 nitrogen and oxygen atoms in total. The molecule has 230 valence electrons. The van der Waals surface area contributed by atoms with Gasteiger partial charge in [-0.1, -0.05) is 62.7 Å². The molecule has 2 aromatic carbocycles. The number of carbonyl (C=O) groups is 3. The second-order valence-corrected chi connectivity index (χ2v) is 11.4. The van der Waals surface area contributed by atoms with Crippen molar-refractivity contribution in [1.82, 2.24) is 40.5 Å². The van der Waals surface area contributed by atoms with Crippen LogP contribution in [0.3, 0.4) is 0 Å². The predicted octanol–water partition coefficient (Wildman–Crippen LogP) is 3.84. The van der Waals surface area contributed by atoms with Gasteiger partial charge in [-0.25, -0.2) is 9.67 Å². The van der Waals surface area contributed by atoms with Gasteiger partial charge in [0.1, 0.15) is 17.7 Å². The molecule has 0 radical (unpaired) electrons. The molecule has 5 rings (SSSR count). The van der Waals surface area contributed by atoms with Gasteiger partial charge in [0.05, 0.1) is 18.3 Å². The van der Waals surface area contributed by atoms with E-state index in [1.807, 2.05) is 81.4 Å². The topological polar surface area (TPSA) is 138 Å². The van der Waals surface area contributed by atoms with E-state index in [-0.39, 0.29) is 30.1 Å². The summed E-state index contributed by atoms with van der Waals surface area (Å²) in [6.07, 6.45) is 3.56. The van der Waals surface area contributed by atoms with Crippen molar-refractivity contribution in [2.45, 2.75) is 65.1 Å². The number of benzene rings is 2. The number of carbonyl (C=O) groups excluding carboxylic acids is 3. The van der Waals surface area contributed by atoms with Crippen molar-refractivity contribution in [3.05, 3.63) is 89.6 Å². The summed E-state index contributed by atoms with van der Waals surface area (Å²) < 4.78 is 1.80. The van der Waals surface area contributed by atoms with Gasteiger partial charge in [-0.15, -0.1) is 0 Å². The van der Waals surface area contributed by atoms with Gasteiger partial charge in [0.2, 0.25) is 11.8 Å². The summed E-state index contributed by atoms with van der Waals surface area (Å²) in [6.45, 7) is 6.91. The predicted molar refractivity (Wildman–Crippen MR) is 166 cm³/mol. The van der Waals surface area contributed by atoms with E-state index in [4.69, 9.17) is 4.98 Å². The number of hydrogen-bond acceptors (Lipinski definition) is 6. The van der Waals surface area contributed by atoms with E-state index in [0.29, 0.717) is 49.7 Å². The molecule has 0 saturated heterocycles. The number of aryl methyl sites for hydroxylation is 1. The lowest BCUT2D eigenvalue weighted by molar-refractivity contribution is -0.130. The molecule has 0 unspecified atom stereocenters. The summed E-state index contributed by atoms with van der Waals surface area (Å²) in [5.74, 6) is 0.536. The Bertz CT molecular complexity index is 1550. The summed E-state index contributed by atoms with van der Waals surface area (Å²) in [6, 6.07) is 18.0. The van der Waals surface area contributed by atoms with Crippen LogP contribution in [0, 0.1) is 12.8 Å². The second kappa shape index (κ2) is 14.1. The van der Waals surface area contributed by atoms with E-state index in [1.54, 1.807) is 15.8 Å². The first-order valence-electron chi connectivity index (χ1n) is 15.3. The third-order valence-electron chi connectivity index (χ3n) is 8.17. The van der Waals surface area contributed by atoms with Gasteiger partial charge < -0.3 is 15.5 Å². The minimum atomic E-state index is -0.697. The minimum absolute atomic E-state index is 0.0772. The molecular weight excluding hydrogens is 556 g/mol. The summed E-state index contributed by atoms with van der Waals surface area (Å²) in [4.78, 5) is 47.0. The van der Waals surface area contributed by atoms with E-state index in [2.05, 4.69) is 25.9 Å². The highest BCUT2D eigenvalue weighted by molar-refractivity contribution is 5.94. The maximum absolute atomic E-state index is 13.8. The molecule has 3 N–H and O–H groups in total. The van der Waals surface area contributed by atoms with Gasteiger partial charge in [0, 0.05) is 31.3 Å². The molecule has 2 aromatic heterocycles. The molecule has 4 aromatic rings. The Morgan fingerprint density at radius 1 is 1.00 bits per heavy atom. The van der Waals surface area contributed by atoms with Crippen LogP contribution in [-0.2, 0) is 22.6 Å². The number of rotatable bonds is 6. The molecule has 44 heavy (non-hydrogen) atoms. The zero-order valence-corrected chi connectivity index (χ0v) is 25.5. The van der Waals surface area contributed by atoms with E-state index in [9.17, 15) is 14.4 Å². The van der Waals surface area contributed by atoms with Crippen LogP contribution in [-0.4, -0.2) is 66.7 Å². The fraction of sp³-hybridized carbons (Fsp3) is 0.394. The first kappa shape index (κ1) is 30.7. The largest absolute Gasteiger partial charge is 0.344 e. The molecule has 1 aliphatic heterocycles. The molecule has 0 bridgehead atoms. The van der Waals surface area contributed by atoms with E-state index < -0.39 is 12.1 Å². The molecule has 3 amide bonds. The van der Waals surface area contributed by atoms with Gasteiger partial charge >= 0.3 is 0 Å². The van der Waals surface area contributed by atoms with Gasteiger partial charge in [0.15, 0.2) is 0 Å². The normalized spacial score (nSPS) is 18.9. The third-order valence-corrected chi connectivity index (χ3v) is 8.17. The van der Waals surface area contributed by atoms with E-state index >= 15 is 0 Å². The lowest BCUT2D eigenvalue weighted by Gasteiger charge is -2.28. The zero-order valence-electron chi connectivity index (χ0n) is 25.5. The molecule has 1 aliphatic rings. The van der Waals surface area contributed by atoms with Crippen molar-refractivity contribution in [3.63, 3.8) is 0 Å². The molecular formula is C33H40N8O3. The highest BCUT2D eigenvalue weighted by Gasteiger charge is 2.31. The highest BCUT2D eigenvalue weighted by Crippen LogP contribution is 2.21. The van der Waals surface area contributed by atoms with Gasteiger partial charge in [-0.05, 0) is 55.0 Å². The van der Waals surface area contributed by atoms with Crippen LogP contribution < -0.4 is 10.6 Å². The quantitative estimate of drug-likeness (QED) is 0.309. The Morgan fingerprint density at radius 2 is 1.77 bits per heavy atom. The summed E-state index contributed by atoms with van der Waals surface area (Å²) in [7, 11) is 0. The van der Waals surface area contributed by atoms with Crippen LogP contribution >= 0.6 is 0 Å². The maximum Gasteiger partial charge on any atom is 0.253 e. The SMILES string of the molecule is CC[C@H](C)[C@@H]1NC(=O)CCCN(C(=O)c2ccc(-c3ccn[nH]3)cc2)CCn2nc(C)nc2[C@H](Cc2ccccc2)NC1=O. The first-order valence-corrected chi connectivity index (χ1v) is 15.3. The number of aromatic amines is 1.